The number of fused-ring (bicyclic) bond motifs is 2. The van der Waals surface area contributed by atoms with Crippen molar-refractivity contribution in [1.29, 1.82) is 0 Å². The molecule has 3 N–H and O–H groups in total. The summed E-state index contributed by atoms with van der Waals surface area (Å²) < 4.78 is 5.41. The predicted molar refractivity (Wildman–Crippen MR) is 65.0 cm³/mol. The van der Waals surface area contributed by atoms with E-state index in [1.165, 1.54) is 24.3 Å². The maximum atomic E-state index is 12.2. The Morgan fingerprint density at radius 3 is 2.44 bits per heavy atom. The lowest BCUT2D eigenvalue weighted by atomic mass is 10.1. The van der Waals surface area contributed by atoms with Gasteiger partial charge in [-0.05, 0) is 18.2 Å². The van der Waals surface area contributed by atoms with Gasteiger partial charge in [-0.2, -0.15) is 0 Å². The Labute approximate surface area is 100 Å². The van der Waals surface area contributed by atoms with Gasteiger partial charge in [0.15, 0.2) is 0 Å². The first-order valence-electron chi connectivity index (χ1n) is 5.18. The zero-order valence-electron chi connectivity index (χ0n) is 9.04. The highest BCUT2D eigenvalue weighted by molar-refractivity contribution is 5.94. The maximum absolute atomic E-state index is 12.2. The van der Waals surface area contributed by atoms with E-state index >= 15 is 0 Å². The topological polar surface area (TPSA) is 90.9 Å². The second kappa shape index (κ2) is 3.40. The van der Waals surface area contributed by atoms with Crippen molar-refractivity contribution in [3.05, 3.63) is 40.6 Å². The van der Waals surface area contributed by atoms with Gasteiger partial charge in [-0.25, -0.2) is 0 Å². The molecule has 2 aromatic carbocycles. The van der Waals surface area contributed by atoms with Gasteiger partial charge in [0, 0.05) is 12.1 Å². The third-order valence-corrected chi connectivity index (χ3v) is 2.72. The van der Waals surface area contributed by atoms with Crippen LogP contribution in [0.4, 0.5) is 0 Å². The molecular weight excluding hydrogens is 236 g/mol. The molecule has 0 bridgehead atoms. The summed E-state index contributed by atoms with van der Waals surface area (Å²) >= 11 is 0. The van der Waals surface area contributed by atoms with Crippen LogP contribution in [0.2, 0.25) is 0 Å². The number of benzene rings is 2. The minimum Gasteiger partial charge on any atom is -0.508 e. The van der Waals surface area contributed by atoms with Crippen molar-refractivity contribution in [2.45, 2.75) is 0 Å². The average Bonchev–Trinajstić information content (AvgIpc) is 2.29. The van der Waals surface area contributed by atoms with Crippen molar-refractivity contribution in [1.82, 2.24) is 0 Å². The minimum atomic E-state index is -0.459. The van der Waals surface area contributed by atoms with Gasteiger partial charge < -0.3 is 19.7 Å². The van der Waals surface area contributed by atoms with Crippen LogP contribution in [0.3, 0.4) is 0 Å². The van der Waals surface area contributed by atoms with Crippen LogP contribution in [0.25, 0.3) is 21.9 Å². The fourth-order valence-electron chi connectivity index (χ4n) is 1.93. The molecule has 0 aliphatic carbocycles. The zero-order chi connectivity index (χ0) is 12.9. The van der Waals surface area contributed by atoms with E-state index in [2.05, 4.69) is 0 Å². The van der Waals surface area contributed by atoms with E-state index in [0.717, 1.165) is 6.07 Å². The van der Waals surface area contributed by atoms with E-state index < -0.39 is 5.43 Å². The van der Waals surface area contributed by atoms with Crippen molar-refractivity contribution < 1.29 is 19.7 Å². The zero-order valence-corrected chi connectivity index (χ0v) is 9.04. The van der Waals surface area contributed by atoms with E-state index in [1.807, 2.05) is 0 Å². The van der Waals surface area contributed by atoms with Crippen molar-refractivity contribution in [2.24, 2.45) is 0 Å². The van der Waals surface area contributed by atoms with Gasteiger partial charge in [-0.1, -0.05) is 0 Å². The Morgan fingerprint density at radius 2 is 1.67 bits per heavy atom. The van der Waals surface area contributed by atoms with Gasteiger partial charge in [0.2, 0.25) is 5.43 Å². The van der Waals surface area contributed by atoms with Gasteiger partial charge in [-0.3, -0.25) is 4.79 Å². The van der Waals surface area contributed by atoms with Crippen LogP contribution < -0.4 is 5.43 Å². The lowest BCUT2D eigenvalue weighted by Gasteiger charge is -2.04. The standard InChI is InChI=1S/C13H8O5/c14-6-1-2-10-8(3-6)13(17)12-9(16)4-7(15)5-11(12)18-10/h1-5,14-16H. The molecule has 0 aliphatic heterocycles. The highest BCUT2D eigenvalue weighted by Gasteiger charge is 2.13. The van der Waals surface area contributed by atoms with Crippen LogP contribution in [0.1, 0.15) is 0 Å². The summed E-state index contributed by atoms with van der Waals surface area (Å²) in [6, 6.07) is 6.43. The van der Waals surface area contributed by atoms with E-state index in [4.69, 9.17) is 4.42 Å². The summed E-state index contributed by atoms with van der Waals surface area (Å²) in [5.74, 6) is -0.613. The quantitative estimate of drug-likeness (QED) is 0.526. The van der Waals surface area contributed by atoms with Crippen LogP contribution in [-0.4, -0.2) is 15.3 Å². The summed E-state index contributed by atoms with van der Waals surface area (Å²) in [5, 5.41) is 28.5. The molecule has 0 atom stereocenters. The number of hydrogen-bond donors (Lipinski definition) is 3. The van der Waals surface area contributed by atoms with Gasteiger partial charge in [0.25, 0.3) is 0 Å². The Balaban J connectivity index is 2.61. The highest BCUT2D eigenvalue weighted by Crippen LogP contribution is 2.30. The highest BCUT2D eigenvalue weighted by atomic mass is 16.3. The molecule has 5 nitrogen and oxygen atoms in total. The molecule has 0 aliphatic rings. The van der Waals surface area contributed by atoms with Crippen molar-refractivity contribution >= 4 is 21.9 Å². The second-order valence-electron chi connectivity index (χ2n) is 3.95. The second-order valence-corrected chi connectivity index (χ2v) is 3.95. The van der Waals surface area contributed by atoms with Gasteiger partial charge in [0.05, 0.1) is 5.39 Å². The predicted octanol–water partition coefficient (Wildman–Crippen LogP) is 2.06. The molecule has 3 aromatic rings. The Bertz CT molecular complexity index is 832. The third-order valence-electron chi connectivity index (χ3n) is 2.72. The SMILES string of the molecule is O=c1c2cc(O)ccc2oc2cc(O)cc(O)c12. The van der Waals surface area contributed by atoms with E-state index in [0.29, 0.717) is 0 Å². The first-order chi connectivity index (χ1) is 8.56. The fourth-order valence-corrected chi connectivity index (χ4v) is 1.93. The molecule has 18 heavy (non-hydrogen) atoms. The molecule has 1 aromatic heterocycles. The number of hydrogen-bond acceptors (Lipinski definition) is 5. The van der Waals surface area contributed by atoms with E-state index in [-0.39, 0.29) is 39.2 Å². The molecular formula is C13H8O5. The summed E-state index contributed by atoms with van der Waals surface area (Å²) in [4.78, 5) is 12.2. The number of phenols is 3. The van der Waals surface area contributed by atoms with Crippen LogP contribution in [0.15, 0.2) is 39.5 Å². The molecule has 0 amide bonds. The maximum Gasteiger partial charge on any atom is 0.204 e. The molecule has 0 unspecified atom stereocenters. The van der Waals surface area contributed by atoms with E-state index in [1.54, 1.807) is 0 Å². The van der Waals surface area contributed by atoms with Crippen LogP contribution in [0.5, 0.6) is 17.2 Å². The molecule has 1 heterocycles. The van der Waals surface area contributed by atoms with Crippen LogP contribution >= 0.6 is 0 Å². The summed E-state index contributed by atoms with van der Waals surface area (Å²) in [5.41, 5.74) is -0.0920. The number of rotatable bonds is 0. The normalized spacial score (nSPS) is 11.1. The van der Waals surface area contributed by atoms with Crippen molar-refractivity contribution in [3.8, 4) is 17.2 Å². The molecule has 90 valence electrons. The number of aromatic hydroxyl groups is 3. The summed E-state index contributed by atoms with van der Waals surface area (Å²) in [6.07, 6.45) is 0. The molecule has 0 spiro atoms. The van der Waals surface area contributed by atoms with Crippen molar-refractivity contribution in [3.63, 3.8) is 0 Å². The minimum absolute atomic E-state index is 0.0223. The Hall–Kier alpha value is -2.69. The first-order valence-corrected chi connectivity index (χ1v) is 5.18. The number of phenolic OH excluding ortho intramolecular Hbond substituents is 3. The summed E-state index contributed by atoms with van der Waals surface area (Å²) in [7, 11) is 0. The molecule has 0 fully saturated rings. The van der Waals surface area contributed by atoms with Crippen molar-refractivity contribution in [2.75, 3.05) is 0 Å². The average molecular weight is 244 g/mol. The Morgan fingerprint density at radius 1 is 0.889 bits per heavy atom. The van der Waals surface area contributed by atoms with Gasteiger partial charge in [0.1, 0.15) is 33.8 Å². The lowest BCUT2D eigenvalue weighted by molar-refractivity contribution is 0.452. The largest absolute Gasteiger partial charge is 0.508 e. The summed E-state index contributed by atoms with van der Waals surface area (Å²) in [6.45, 7) is 0. The van der Waals surface area contributed by atoms with Crippen LogP contribution in [-0.2, 0) is 0 Å². The molecule has 0 saturated heterocycles. The van der Waals surface area contributed by atoms with Gasteiger partial charge >= 0.3 is 0 Å². The first kappa shape index (κ1) is 10.5. The lowest BCUT2D eigenvalue weighted by Crippen LogP contribution is -2.02. The smallest absolute Gasteiger partial charge is 0.204 e. The molecule has 0 radical (unpaired) electrons. The molecule has 0 saturated carbocycles. The fraction of sp³-hybridized carbons (Fsp3) is 0. The Kier molecular flexibility index (Phi) is 1.98. The molecule has 3 rings (SSSR count). The van der Waals surface area contributed by atoms with Gasteiger partial charge in [-0.15, -0.1) is 0 Å². The van der Waals surface area contributed by atoms with E-state index in [9.17, 15) is 20.1 Å². The molecule has 5 heteroatoms. The monoisotopic (exact) mass is 244 g/mol. The third kappa shape index (κ3) is 1.37. The van der Waals surface area contributed by atoms with Crippen LogP contribution in [0, 0.1) is 0 Å².